The number of nitro groups is 1. The molecule has 1 heterocycles. The van der Waals surface area contributed by atoms with Crippen LogP contribution in [0.25, 0.3) is 11.1 Å². The number of piperidine rings is 1. The number of nitrogens with one attached hydrogen (secondary N) is 1. The maximum absolute atomic E-state index is 11.8. The highest BCUT2D eigenvalue weighted by molar-refractivity contribution is 5.76. The minimum atomic E-state index is -0.582. The number of carbonyl (C=O) groups is 1. The number of carbonyl (C=O) groups excluding carboxylic acids is 1. The largest absolute Gasteiger partial charge is 0.468 e. The fourth-order valence-electron chi connectivity index (χ4n) is 3.27. The highest BCUT2D eigenvalue weighted by atomic mass is 16.6. The number of benzene rings is 2. The summed E-state index contributed by atoms with van der Waals surface area (Å²) in [4.78, 5) is 22.3. The van der Waals surface area contributed by atoms with Crippen molar-refractivity contribution in [3.05, 3.63) is 64.2 Å². The van der Waals surface area contributed by atoms with Gasteiger partial charge < -0.3 is 9.84 Å². The summed E-state index contributed by atoms with van der Waals surface area (Å²) >= 11 is 0. The lowest BCUT2D eigenvalue weighted by Gasteiger charge is -2.33. The number of aliphatic hydroxyl groups excluding tert-OH is 1. The number of hydrogen-bond acceptors (Lipinski definition) is 6. The Morgan fingerprint density at radius 3 is 2.58 bits per heavy atom. The molecule has 1 saturated heterocycles. The number of non-ortho nitro benzene ring substituents is 1. The van der Waals surface area contributed by atoms with E-state index in [4.69, 9.17) is 4.74 Å². The molecule has 1 aliphatic heterocycles. The third kappa shape index (κ3) is 3.89. The Labute approximate surface area is 150 Å². The van der Waals surface area contributed by atoms with E-state index in [2.05, 4.69) is 5.32 Å². The zero-order valence-electron chi connectivity index (χ0n) is 14.3. The molecule has 3 atom stereocenters. The summed E-state index contributed by atoms with van der Waals surface area (Å²) in [6, 6.07) is 13.3. The van der Waals surface area contributed by atoms with Gasteiger partial charge in [-0.15, -0.1) is 0 Å². The average Bonchev–Trinajstić information content (AvgIpc) is 2.67. The number of esters is 1. The van der Waals surface area contributed by atoms with Gasteiger partial charge in [0.25, 0.3) is 5.69 Å². The van der Waals surface area contributed by atoms with Crippen LogP contribution in [0.15, 0.2) is 48.5 Å². The normalized spacial score (nSPS) is 22.6. The lowest BCUT2D eigenvalue weighted by molar-refractivity contribution is -0.384. The van der Waals surface area contributed by atoms with Crippen LogP contribution < -0.4 is 5.32 Å². The van der Waals surface area contributed by atoms with Gasteiger partial charge in [-0.3, -0.25) is 20.2 Å². The number of rotatable bonds is 4. The molecular formula is C19H20N2O5. The standard InChI is InChI=1S/C19H20N2O5/c1-26-19(23)18-11-16(22)10-17(20-18)13-7-5-12(6-8-13)14-3-2-4-15(9-14)21(24)25/h2-9,16-18,20,22H,10-11H2,1H3/t16-,17-,18+/m1/s1. The molecule has 7 heteroatoms. The summed E-state index contributed by atoms with van der Waals surface area (Å²) in [5.41, 5.74) is 2.60. The van der Waals surface area contributed by atoms with E-state index in [1.807, 2.05) is 30.3 Å². The molecule has 0 amide bonds. The van der Waals surface area contributed by atoms with Gasteiger partial charge in [0.05, 0.1) is 18.1 Å². The minimum absolute atomic E-state index is 0.0459. The first-order valence-electron chi connectivity index (χ1n) is 8.34. The summed E-state index contributed by atoms with van der Waals surface area (Å²) in [6.07, 6.45) is 0.250. The smallest absolute Gasteiger partial charge is 0.322 e. The Bertz CT molecular complexity index is 806. The molecular weight excluding hydrogens is 336 g/mol. The molecule has 0 spiro atoms. The second kappa shape index (κ2) is 7.63. The average molecular weight is 356 g/mol. The van der Waals surface area contributed by atoms with Gasteiger partial charge in [0, 0.05) is 18.2 Å². The monoisotopic (exact) mass is 356 g/mol. The van der Waals surface area contributed by atoms with E-state index in [9.17, 15) is 20.0 Å². The van der Waals surface area contributed by atoms with Gasteiger partial charge in [0.2, 0.25) is 0 Å². The zero-order valence-corrected chi connectivity index (χ0v) is 14.3. The number of ether oxygens (including phenoxy) is 1. The Morgan fingerprint density at radius 1 is 1.19 bits per heavy atom. The summed E-state index contributed by atoms with van der Waals surface area (Å²) in [5.74, 6) is -0.387. The van der Waals surface area contributed by atoms with E-state index in [1.165, 1.54) is 19.2 Å². The number of nitro benzene ring substituents is 1. The van der Waals surface area contributed by atoms with E-state index in [-0.39, 0.29) is 17.7 Å². The highest BCUT2D eigenvalue weighted by Gasteiger charge is 2.32. The molecule has 7 nitrogen and oxygen atoms in total. The van der Waals surface area contributed by atoms with E-state index >= 15 is 0 Å². The predicted octanol–water partition coefficient (Wildman–Crippen LogP) is 2.59. The molecule has 0 aromatic heterocycles. The molecule has 0 bridgehead atoms. The first-order valence-corrected chi connectivity index (χ1v) is 8.34. The van der Waals surface area contributed by atoms with Gasteiger partial charge in [-0.25, -0.2) is 0 Å². The molecule has 2 aromatic rings. The first-order chi connectivity index (χ1) is 12.5. The Balaban J connectivity index is 1.80. The van der Waals surface area contributed by atoms with Crippen LogP contribution in [0.3, 0.4) is 0 Å². The predicted molar refractivity (Wildman–Crippen MR) is 95.5 cm³/mol. The Morgan fingerprint density at radius 2 is 1.92 bits per heavy atom. The van der Waals surface area contributed by atoms with Gasteiger partial charge in [-0.05, 0) is 29.5 Å². The van der Waals surface area contributed by atoms with E-state index in [0.717, 1.165) is 16.7 Å². The van der Waals surface area contributed by atoms with Crippen LogP contribution in [-0.4, -0.2) is 35.3 Å². The molecule has 0 aliphatic carbocycles. The molecule has 0 unspecified atom stereocenters. The van der Waals surface area contributed by atoms with E-state index in [0.29, 0.717) is 12.8 Å². The number of aliphatic hydroxyl groups is 1. The number of hydrogen-bond donors (Lipinski definition) is 2. The van der Waals surface area contributed by atoms with Crippen LogP contribution in [0.1, 0.15) is 24.4 Å². The Hall–Kier alpha value is -2.77. The number of nitrogens with zero attached hydrogens (tertiary/aromatic N) is 1. The summed E-state index contributed by atoms with van der Waals surface area (Å²) in [6.45, 7) is 0. The van der Waals surface area contributed by atoms with Crippen LogP contribution in [0.2, 0.25) is 0 Å². The van der Waals surface area contributed by atoms with Gasteiger partial charge in [0.15, 0.2) is 0 Å². The molecule has 2 N–H and O–H groups in total. The van der Waals surface area contributed by atoms with Crippen molar-refractivity contribution < 1.29 is 19.6 Å². The van der Waals surface area contributed by atoms with Crippen LogP contribution in [0, 0.1) is 10.1 Å². The van der Waals surface area contributed by atoms with Crippen molar-refractivity contribution >= 4 is 11.7 Å². The quantitative estimate of drug-likeness (QED) is 0.496. The zero-order chi connectivity index (χ0) is 18.7. The van der Waals surface area contributed by atoms with Crippen molar-refractivity contribution in [1.82, 2.24) is 5.32 Å². The van der Waals surface area contributed by atoms with Gasteiger partial charge in [-0.2, -0.15) is 0 Å². The van der Waals surface area contributed by atoms with Crippen LogP contribution >= 0.6 is 0 Å². The Kier molecular flexibility index (Phi) is 5.29. The van der Waals surface area contributed by atoms with E-state index < -0.39 is 17.1 Å². The first kappa shape index (κ1) is 18.0. The SMILES string of the molecule is COC(=O)[C@@H]1C[C@H](O)C[C@H](c2ccc(-c3cccc([N+](=O)[O-])c3)cc2)N1. The molecule has 136 valence electrons. The lowest BCUT2D eigenvalue weighted by Crippen LogP contribution is -2.47. The fraction of sp³-hybridized carbons (Fsp3) is 0.316. The second-order valence-corrected chi connectivity index (χ2v) is 6.35. The van der Waals surface area contributed by atoms with Gasteiger partial charge >= 0.3 is 5.97 Å². The molecule has 2 aromatic carbocycles. The van der Waals surface area contributed by atoms with Crippen molar-refractivity contribution in [2.24, 2.45) is 0 Å². The minimum Gasteiger partial charge on any atom is -0.468 e. The van der Waals surface area contributed by atoms with Gasteiger partial charge in [0.1, 0.15) is 6.04 Å². The van der Waals surface area contributed by atoms with Crippen LogP contribution in [0.4, 0.5) is 5.69 Å². The molecule has 1 fully saturated rings. The molecule has 0 radical (unpaired) electrons. The third-order valence-corrected chi connectivity index (χ3v) is 4.61. The molecule has 26 heavy (non-hydrogen) atoms. The van der Waals surface area contributed by atoms with Crippen molar-refractivity contribution in [2.45, 2.75) is 31.0 Å². The summed E-state index contributed by atoms with van der Waals surface area (Å²) < 4.78 is 4.76. The topological polar surface area (TPSA) is 102 Å². The van der Waals surface area contributed by atoms with Crippen LogP contribution in [0.5, 0.6) is 0 Å². The molecule has 1 aliphatic rings. The fourth-order valence-corrected chi connectivity index (χ4v) is 3.27. The van der Waals surface area contributed by atoms with Crippen molar-refractivity contribution in [1.29, 1.82) is 0 Å². The third-order valence-electron chi connectivity index (χ3n) is 4.61. The van der Waals surface area contributed by atoms with Crippen molar-refractivity contribution in [3.8, 4) is 11.1 Å². The second-order valence-electron chi connectivity index (χ2n) is 6.35. The van der Waals surface area contributed by atoms with Crippen molar-refractivity contribution in [2.75, 3.05) is 7.11 Å². The maximum Gasteiger partial charge on any atom is 0.322 e. The lowest BCUT2D eigenvalue weighted by atomic mass is 9.90. The van der Waals surface area contributed by atoms with Gasteiger partial charge in [-0.1, -0.05) is 36.4 Å². The van der Waals surface area contributed by atoms with E-state index in [1.54, 1.807) is 6.07 Å². The summed E-state index contributed by atoms with van der Waals surface area (Å²) in [5, 5.41) is 24.2. The summed E-state index contributed by atoms with van der Waals surface area (Å²) in [7, 11) is 1.33. The van der Waals surface area contributed by atoms with Crippen molar-refractivity contribution in [3.63, 3.8) is 0 Å². The molecule has 0 saturated carbocycles. The van der Waals surface area contributed by atoms with Crippen LogP contribution in [-0.2, 0) is 9.53 Å². The molecule has 3 rings (SSSR count). The number of methoxy groups -OCH3 is 1. The highest BCUT2D eigenvalue weighted by Crippen LogP contribution is 2.29. The maximum atomic E-state index is 11.8.